The Morgan fingerprint density at radius 1 is 0.272 bits per heavy atom. The zero-order valence-corrected chi connectivity index (χ0v) is 53.0. The molecule has 0 heterocycles. The number of nitrogens with two attached hydrogens (primary N) is 3. The first-order chi connectivity index (χ1) is 39.4. The Kier molecular flexibility index (Phi) is 54.0. The van der Waals surface area contributed by atoms with Crippen LogP contribution in [0, 0.1) is 0 Å². The van der Waals surface area contributed by atoms with Crippen molar-refractivity contribution in [3.05, 3.63) is 0 Å². The highest BCUT2D eigenvalue weighted by Crippen LogP contribution is 2.16. The van der Waals surface area contributed by atoms with E-state index in [1.165, 1.54) is 171 Å². The summed E-state index contributed by atoms with van der Waals surface area (Å²) >= 11 is 0. The van der Waals surface area contributed by atoms with Crippen molar-refractivity contribution in [2.45, 2.75) is 285 Å². The lowest BCUT2D eigenvalue weighted by atomic mass is 10.1. The predicted molar refractivity (Wildman–Crippen MR) is 335 cm³/mol. The van der Waals surface area contributed by atoms with Gasteiger partial charge in [-0.05, 0) is 25.7 Å². The molecule has 0 unspecified atom stereocenters. The van der Waals surface area contributed by atoms with Crippen LogP contribution in [0.5, 0.6) is 0 Å². The zero-order valence-electron chi connectivity index (χ0n) is 53.0. The van der Waals surface area contributed by atoms with Crippen LogP contribution in [0.2, 0.25) is 0 Å². The third-order valence-electron chi connectivity index (χ3n) is 15.8. The van der Waals surface area contributed by atoms with E-state index in [9.17, 15) is 33.6 Å². The number of rotatable bonds is 61. The summed E-state index contributed by atoms with van der Waals surface area (Å²) in [5.74, 6) is -2.65. The van der Waals surface area contributed by atoms with Crippen molar-refractivity contribution in [1.29, 1.82) is 0 Å². The number of hydrogen-bond donors (Lipinski definition) is 3. The number of unbranched alkanes of at least 4 members (excludes halogenated alkanes) is 36. The van der Waals surface area contributed by atoms with E-state index < -0.39 is 29.5 Å². The Hall–Kier alpha value is -3.79. The van der Waals surface area contributed by atoms with Crippen LogP contribution < -0.4 is 17.2 Å². The average molecular weight is 1150 g/mol. The van der Waals surface area contributed by atoms with E-state index in [-0.39, 0.29) is 77.9 Å². The molecule has 0 fully saturated rings. The summed E-state index contributed by atoms with van der Waals surface area (Å²) in [6.07, 6.45) is 45.5. The fraction of sp³-hybridized carbons (Fsp3) is 0.892. The molecule has 0 aliphatic carbocycles. The maximum absolute atomic E-state index is 14.7. The van der Waals surface area contributed by atoms with Gasteiger partial charge in [0.15, 0.2) is 0 Å². The summed E-state index contributed by atoms with van der Waals surface area (Å²) in [7, 11) is 0. The number of carbonyl (C=O) groups is 7. The highest BCUT2D eigenvalue weighted by atomic mass is 16.2. The average Bonchev–Trinajstić information content (AvgIpc) is 3.45. The van der Waals surface area contributed by atoms with Gasteiger partial charge in [-0.1, -0.05) is 259 Å². The minimum atomic E-state index is -0.629. The van der Waals surface area contributed by atoms with E-state index in [0.717, 1.165) is 96.3 Å². The second kappa shape index (κ2) is 56.7. The van der Waals surface area contributed by atoms with E-state index in [1.54, 1.807) is 0 Å². The fourth-order valence-corrected chi connectivity index (χ4v) is 10.6. The van der Waals surface area contributed by atoms with Gasteiger partial charge >= 0.3 is 0 Å². The molecule has 6 N–H and O–H groups in total. The van der Waals surface area contributed by atoms with Gasteiger partial charge in [-0.25, -0.2) is 0 Å². The van der Waals surface area contributed by atoms with Gasteiger partial charge < -0.3 is 46.6 Å². The Morgan fingerprint density at radius 3 is 0.691 bits per heavy atom. The van der Waals surface area contributed by atoms with E-state index >= 15 is 0 Å². The molecular weight excluding hydrogens is 1020 g/mol. The number of hydrogen-bond acceptors (Lipinski definition) is 9. The lowest BCUT2D eigenvalue weighted by Gasteiger charge is -2.32. The number of amides is 7. The SMILES string of the molecule is CCCCCCCCCCCCN(C=O)CC(=O)N(CCN)CC(=O)N(CCCCCCCCCCCC)CC(=O)N(CCCCCCCCCCCC)CC(=O)N(CCN)CC(=O)N(CCCCCCCCCCCC)CC(N)=O. The molecule has 0 radical (unpaired) electrons. The molecule has 0 aromatic carbocycles. The molecule has 16 heteroatoms. The van der Waals surface area contributed by atoms with Crippen molar-refractivity contribution < 1.29 is 33.6 Å². The van der Waals surface area contributed by atoms with Crippen LogP contribution >= 0.6 is 0 Å². The first-order valence-electron chi connectivity index (χ1n) is 33.7. The highest BCUT2D eigenvalue weighted by molar-refractivity contribution is 5.92. The minimum Gasteiger partial charge on any atom is -0.368 e. The molecule has 0 aromatic rings. The van der Waals surface area contributed by atoms with E-state index in [0.29, 0.717) is 45.3 Å². The first kappa shape index (κ1) is 77.2. The van der Waals surface area contributed by atoms with E-state index in [1.807, 2.05) is 0 Å². The molecule has 0 atom stereocenters. The Bertz CT molecular complexity index is 1560. The molecule has 0 aliphatic heterocycles. The third kappa shape index (κ3) is 45.3. The lowest BCUT2D eigenvalue weighted by Crippen LogP contribution is -2.52. The molecule has 0 spiro atoms. The van der Waals surface area contributed by atoms with Crippen LogP contribution in [-0.2, 0) is 33.6 Å². The van der Waals surface area contributed by atoms with Crippen molar-refractivity contribution in [2.24, 2.45) is 17.2 Å². The summed E-state index contributed by atoms with van der Waals surface area (Å²) in [5, 5.41) is 0. The topological polar surface area (TPSA) is 217 Å². The molecule has 0 saturated heterocycles. The van der Waals surface area contributed by atoms with Gasteiger partial charge in [-0.2, -0.15) is 0 Å². The van der Waals surface area contributed by atoms with Crippen molar-refractivity contribution in [3.8, 4) is 0 Å². The second-order valence-corrected chi connectivity index (χ2v) is 23.4. The van der Waals surface area contributed by atoms with Crippen LogP contribution in [0.3, 0.4) is 0 Å². The summed E-state index contributed by atoms with van der Waals surface area (Å²) in [6.45, 7) is 9.04. The largest absolute Gasteiger partial charge is 0.368 e. The van der Waals surface area contributed by atoms with Gasteiger partial charge in [0.2, 0.25) is 41.9 Å². The number of nitrogens with zero attached hydrogens (tertiary/aromatic N) is 6. The second-order valence-electron chi connectivity index (χ2n) is 23.4. The number of primary amides is 1. The zero-order chi connectivity index (χ0) is 59.8. The molecule has 0 bridgehead atoms. The van der Waals surface area contributed by atoms with Gasteiger partial charge in [-0.3, -0.25) is 33.6 Å². The molecule has 0 aromatic heterocycles. The lowest BCUT2D eigenvalue weighted by molar-refractivity contribution is -0.147. The molecule has 0 rings (SSSR count). The van der Waals surface area contributed by atoms with Gasteiger partial charge in [0.05, 0.1) is 39.3 Å². The smallest absolute Gasteiger partial charge is 0.242 e. The van der Waals surface area contributed by atoms with Crippen LogP contribution in [0.4, 0.5) is 0 Å². The monoisotopic (exact) mass is 1150 g/mol. The van der Waals surface area contributed by atoms with Crippen molar-refractivity contribution >= 4 is 41.9 Å². The predicted octanol–water partition coefficient (Wildman–Crippen LogP) is 11.7. The highest BCUT2D eigenvalue weighted by Gasteiger charge is 2.29. The van der Waals surface area contributed by atoms with Crippen LogP contribution in [0.1, 0.15) is 285 Å². The van der Waals surface area contributed by atoms with Gasteiger partial charge in [0.1, 0.15) is 0 Å². The molecule has 0 saturated carbocycles. The Morgan fingerprint density at radius 2 is 0.469 bits per heavy atom. The maximum atomic E-state index is 14.7. The van der Waals surface area contributed by atoms with Gasteiger partial charge in [0.25, 0.3) is 0 Å². The molecule has 16 nitrogen and oxygen atoms in total. The fourth-order valence-electron chi connectivity index (χ4n) is 10.6. The Balaban J connectivity index is 6.34. The summed E-state index contributed by atoms with van der Waals surface area (Å²) in [6, 6.07) is 0. The molecule has 81 heavy (non-hydrogen) atoms. The standard InChI is InChI=1S/C65H127N9O7/c1-5-9-13-17-21-25-29-33-37-41-47-69(59-75)54-61(77)73(51-45-66)58-64(80)71(49-43-39-35-31-27-23-19-15-11-7-3)55-63(79)72(50-44-40-36-32-28-24-20-16-12-8-4)56-65(81)74(52-46-67)57-62(78)70(53-60(68)76)48-42-38-34-30-26-22-18-14-10-6-2/h59H,5-58,66-67H2,1-4H3,(H2,68,76). The quantitative estimate of drug-likeness (QED) is 0.0389. The maximum Gasteiger partial charge on any atom is 0.242 e. The molecule has 7 amide bonds. The van der Waals surface area contributed by atoms with Crippen molar-refractivity contribution in [1.82, 2.24) is 29.4 Å². The minimum absolute atomic E-state index is 0.0721. The van der Waals surface area contributed by atoms with Gasteiger partial charge in [0, 0.05) is 52.4 Å². The van der Waals surface area contributed by atoms with E-state index in [2.05, 4.69) is 27.7 Å². The van der Waals surface area contributed by atoms with E-state index in [4.69, 9.17) is 17.2 Å². The third-order valence-corrected chi connectivity index (χ3v) is 15.8. The Labute approximate surface area is 496 Å². The first-order valence-corrected chi connectivity index (χ1v) is 33.7. The summed E-state index contributed by atoms with van der Waals surface area (Å²) < 4.78 is 0. The molecule has 474 valence electrons. The normalized spacial score (nSPS) is 11.2. The van der Waals surface area contributed by atoms with Crippen molar-refractivity contribution in [2.75, 3.05) is 91.6 Å². The molecule has 0 aliphatic rings. The van der Waals surface area contributed by atoms with Crippen LogP contribution in [0.25, 0.3) is 0 Å². The number of carbonyl (C=O) groups excluding carboxylic acids is 7. The van der Waals surface area contributed by atoms with Crippen LogP contribution in [0.15, 0.2) is 0 Å². The van der Waals surface area contributed by atoms with Crippen molar-refractivity contribution in [3.63, 3.8) is 0 Å². The van der Waals surface area contributed by atoms with Gasteiger partial charge in [-0.15, -0.1) is 0 Å². The summed E-state index contributed by atoms with van der Waals surface area (Å²) in [5.41, 5.74) is 17.7. The summed E-state index contributed by atoms with van der Waals surface area (Å²) in [4.78, 5) is 104. The molecular formula is C65H127N9O7. The van der Waals surface area contributed by atoms with Crippen LogP contribution in [-0.4, -0.2) is 163 Å².